The van der Waals surface area contributed by atoms with Gasteiger partial charge in [0.05, 0.1) is 0 Å². The molecule has 0 aliphatic carbocycles. The highest BCUT2D eigenvalue weighted by atomic mass is 28.4. The Morgan fingerprint density at radius 2 is 1.35 bits per heavy atom. The molecule has 0 rings (SSSR count). The summed E-state index contributed by atoms with van der Waals surface area (Å²) in [5.41, 5.74) is 0. The second kappa shape index (κ2) is 9.96. The van der Waals surface area contributed by atoms with Gasteiger partial charge in [0.1, 0.15) is 0 Å². The molecule has 0 unspecified atom stereocenters. The molecule has 2 nitrogen and oxygen atoms in total. The third kappa shape index (κ3) is 5.49. The number of hydrogen-bond acceptors (Lipinski definition) is 2. The maximum absolute atomic E-state index is 6.32. The number of hydrogen-bond donors (Lipinski definition) is 0. The first-order valence-electron chi connectivity index (χ1n) is 8.65. The van der Waals surface area contributed by atoms with Gasteiger partial charge in [0.15, 0.2) is 0 Å². The summed E-state index contributed by atoms with van der Waals surface area (Å²) in [5, 5.41) is 0.157. The molecule has 3 heteroatoms. The van der Waals surface area contributed by atoms with Crippen molar-refractivity contribution in [1.82, 2.24) is 0 Å². The zero-order chi connectivity index (χ0) is 15.6. The maximum atomic E-state index is 6.32. The molecule has 0 aliphatic rings. The van der Waals surface area contributed by atoms with Crippen LogP contribution in [-0.2, 0) is 8.85 Å². The van der Waals surface area contributed by atoms with Crippen molar-refractivity contribution >= 4 is 8.56 Å². The summed E-state index contributed by atoms with van der Waals surface area (Å²) in [7, 11) is -2.15. The Balaban J connectivity index is 4.83. The topological polar surface area (TPSA) is 18.5 Å². The Morgan fingerprint density at radius 1 is 0.850 bits per heavy atom. The van der Waals surface area contributed by atoms with Crippen molar-refractivity contribution in [3.05, 3.63) is 0 Å². The lowest BCUT2D eigenvalue weighted by atomic mass is 9.99. The van der Waals surface area contributed by atoms with Crippen LogP contribution >= 0.6 is 0 Å². The van der Waals surface area contributed by atoms with Crippen LogP contribution in [0, 0.1) is 5.92 Å². The van der Waals surface area contributed by atoms with Gasteiger partial charge >= 0.3 is 8.56 Å². The minimum Gasteiger partial charge on any atom is -0.394 e. The molecule has 0 N–H and O–H groups in total. The van der Waals surface area contributed by atoms with E-state index in [-0.39, 0.29) is 5.04 Å². The van der Waals surface area contributed by atoms with Crippen molar-refractivity contribution in [3.63, 3.8) is 0 Å². The lowest BCUT2D eigenvalue weighted by Gasteiger charge is -2.45. The maximum Gasteiger partial charge on any atom is 0.344 e. The molecule has 0 spiro atoms. The monoisotopic (exact) mass is 302 g/mol. The molecule has 122 valence electrons. The number of unbranched alkanes of at least 4 members (excludes halogenated alkanes) is 4. The Hall–Kier alpha value is 0.137. The van der Waals surface area contributed by atoms with Gasteiger partial charge in [-0.15, -0.1) is 0 Å². The molecule has 0 saturated heterocycles. The van der Waals surface area contributed by atoms with E-state index in [9.17, 15) is 0 Å². The normalized spacial score (nSPS) is 13.2. The zero-order valence-electron chi connectivity index (χ0n) is 15.1. The smallest absolute Gasteiger partial charge is 0.344 e. The third-order valence-corrected chi connectivity index (χ3v) is 9.85. The number of rotatable bonds is 12. The third-order valence-electron chi connectivity index (χ3n) is 4.79. The highest BCUT2D eigenvalue weighted by Crippen LogP contribution is 2.48. The van der Waals surface area contributed by atoms with Crippen LogP contribution in [0.5, 0.6) is 0 Å². The van der Waals surface area contributed by atoms with E-state index >= 15 is 0 Å². The van der Waals surface area contributed by atoms with Crippen molar-refractivity contribution in [3.8, 4) is 0 Å². The molecule has 0 atom stereocenters. The van der Waals surface area contributed by atoms with E-state index in [4.69, 9.17) is 8.85 Å². The van der Waals surface area contributed by atoms with Gasteiger partial charge in [0.25, 0.3) is 0 Å². The minimum absolute atomic E-state index is 0.157. The first-order valence-corrected chi connectivity index (χ1v) is 10.7. The average Bonchev–Trinajstić information content (AvgIpc) is 2.38. The predicted octanol–water partition coefficient (Wildman–Crippen LogP) is 5.91. The first-order chi connectivity index (χ1) is 9.38. The Kier molecular flexibility index (Phi) is 10.0. The summed E-state index contributed by atoms with van der Waals surface area (Å²) >= 11 is 0. The lowest BCUT2D eigenvalue weighted by Crippen LogP contribution is -2.53. The fourth-order valence-electron chi connectivity index (χ4n) is 2.75. The van der Waals surface area contributed by atoms with Crippen LogP contribution in [0.1, 0.15) is 80.6 Å². The van der Waals surface area contributed by atoms with E-state index in [1.165, 1.54) is 32.1 Å². The predicted molar refractivity (Wildman–Crippen MR) is 91.5 cm³/mol. The largest absolute Gasteiger partial charge is 0.394 e. The van der Waals surface area contributed by atoms with Crippen molar-refractivity contribution < 1.29 is 8.85 Å². The second-order valence-electron chi connectivity index (χ2n) is 6.66. The molecule has 0 fully saturated rings. The SMILES string of the molecule is CCCCCCC[Si](OCC)(OCC)C(C)(C)C(C)C. The fourth-order valence-corrected chi connectivity index (χ4v) is 7.04. The molecular weight excluding hydrogens is 264 g/mol. The molecule has 0 saturated carbocycles. The fraction of sp³-hybridized carbons (Fsp3) is 1.00. The van der Waals surface area contributed by atoms with Crippen LogP contribution in [0.3, 0.4) is 0 Å². The van der Waals surface area contributed by atoms with Gasteiger partial charge in [-0.1, -0.05) is 66.7 Å². The van der Waals surface area contributed by atoms with Crippen LogP contribution in [0.25, 0.3) is 0 Å². The molecule has 20 heavy (non-hydrogen) atoms. The molecule has 0 aromatic carbocycles. The molecule has 0 bridgehead atoms. The molecule has 0 aromatic heterocycles. The standard InChI is InChI=1S/C17H38O2Si/c1-8-11-12-13-14-15-20(18-9-2,19-10-3)17(6,7)16(4)5/h16H,8-15H2,1-7H3. The van der Waals surface area contributed by atoms with E-state index in [1.54, 1.807) is 0 Å². The van der Waals surface area contributed by atoms with Crippen LogP contribution in [0.2, 0.25) is 11.1 Å². The highest BCUT2D eigenvalue weighted by molar-refractivity contribution is 6.70. The summed E-state index contributed by atoms with van der Waals surface area (Å²) in [5.74, 6) is 0.586. The molecule has 0 radical (unpaired) electrons. The Bertz CT molecular complexity index is 233. The summed E-state index contributed by atoms with van der Waals surface area (Å²) in [6, 6.07) is 1.14. The van der Waals surface area contributed by atoms with Gasteiger partial charge in [-0.2, -0.15) is 0 Å². The van der Waals surface area contributed by atoms with Gasteiger partial charge in [-0.3, -0.25) is 0 Å². The average molecular weight is 303 g/mol. The Labute approximate surface area is 128 Å². The van der Waals surface area contributed by atoms with Crippen LogP contribution in [-0.4, -0.2) is 21.8 Å². The molecule has 0 aliphatic heterocycles. The van der Waals surface area contributed by atoms with Gasteiger partial charge < -0.3 is 8.85 Å². The van der Waals surface area contributed by atoms with Crippen LogP contribution < -0.4 is 0 Å². The van der Waals surface area contributed by atoms with Gasteiger partial charge in [0, 0.05) is 18.3 Å². The Morgan fingerprint density at radius 3 is 1.75 bits per heavy atom. The summed E-state index contributed by atoms with van der Waals surface area (Å²) in [6.07, 6.45) is 6.57. The molecule has 0 heterocycles. The quantitative estimate of drug-likeness (QED) is 0.329. The molecule has 0 aromatic rings. The summed E-state index contributed by atoms with van der Waals surface area (Å²) in [4.78, 5) is 0. The van der Waals surface area contributed by atoms with Gasteiger partial charge in [-0.25, -0.2) is 0 Å². The van der Waals surface area contributed by atoms with Crippen molar-refractivity contribution in [2.24, 2.45) is 5.92 Å². The van der Waals surface area contributed by atoms with Crippen molar-refractivity contribution in [1.29, 1.82) is 0 Å². The van der Waals surface area contributed by atoms with Crippen LogP contribution in [0.15, 0.2) is 0 Å². The highest BCUT2D eigenvalue weighted by Gasteiger charge is 2.52. The van der Waals surface area contributed by atoms with Crippen molar-refractivity contribution in [2.45, 2.75) is 91.7 Å². The van der Waals surface area contributed by atoms with E-state index in [0.29, 0.717) is 5.92 Å². The van der Waals surface area contributed by atoms with Crippen molar-refractivity contribution in [2.75, 3.05) is 13.2 Å². The van der Waals surface area contributed by atoms with E-state index < -0.39 is 8.56 Å². The zero-order valence-corrected chi connectivity index (χ0v) is 16.1. The minimum atomic E-state index is -2.15. The lowest BCUT2D eigenvalue weighted by molar-refractivity contribution is 0.144. The molecule has 0 amide bonds. The van der Waals surface area contributed by atoms with E-state index in [0.717, 1.165) is 19.3 Å². The van der Waals surface area contributed by atoms with E-state index in [2.05, 4.69) is 48.5 Å². The molecular formula is C17H38O2Si. The summed E-state index contributed by atoms with van der Waals surface area (Å²) in [6.45, 7) is 17.3. The van der Waals surface area contributed by atoms with Gasteiger partial charge in [0.2, 0.25) is 0 Å². The van der Waals surface area contributed by atoms with Gasteiger partial charge in [-0.05, 0) is 25.8 Å². The first kappa shape index (κ1) is 20.1. The summed E-state index contributed by atoms with van der Waals surface area (Å²) < 4.78 is 12.6. The second-order valence-corrected chi connectivity index (χ2v) is 10.5. The van der Waals surface area contributed by atoms with Crippen LogP contribution in [0.4, 0.5) is 0 Å². The van der Waals surface area contributed by atoms with E-state index in [1.807, 2.05) is 0 Å².